The zero-order valence-corrected chi connectivity index (χ0v) is 17.8. The van der Waals surface area contributed by atoms with Crippen molar-refractivity contribution in [3.05, 3.63) is 51.3 Å². The molecule has 2 atom stereocenters. The third-order valence-electron chi connectivity index (χ3n) is 6.27. The largest absolute Gasteiger partial charge is 0.477 e. The fourth-order valence-corrected chi connectivity index (χ4v) is 4.62. The number of aromatic carboxylic acids is 1. The molecule has 8 heteroatoms. The smallest absolute Gasteiger partial charge is 0.341 e. The van der Waals surface area contributed by atoms with Crippen LogP contribution >= 0.6 is 0 Å². The summed E-state index contributed by atoms with van der Waals surface area (Å²) in [5.41, 5.74) is 2.52. The van der Waals surface area contributed by atoms with Crippen LogP contribution in [-0.2, 0) is 11.2 Å². The average Bonchev–Trinajstić information content (AvgIpc) is 3.17. The maximum Gasteiger partial charge on any atom is 0.341 e. The number of carboxylic acids is 1. The number of carbonyl (C=O) groups is 2. The van der Waals surface area contributed by atoms with Gasteiger partial charge in [-0.1, -0.05) is 13.8 Å². The first-order valence-corrected chi connectivity index (χ1v) is 10.4. The number of benzene rings is 1. The number of ether oxygens (including phenoxy) is 1. The van der Waals surface area contributed by atoms with Gasteiger partial charge in [0, 0.05) is 37.0 Å². The number of carboxylic acid groups (broad SMARTS) is 1. The molecule has 0 amide bonds. The first kappa shape index (κ1) is 21.1. The molecule has 164 valence electrons. The van der Waals surface area contributed by atoms with E-state index in [0.717, 1.165) is 11.1 Å². The Hall–Kier alpha value is -3.13. The van der Waals surface area contributed by atoms with E-state index >= 15 is 0 Å². The summed E-state index contributed by atoms with van der Waals surface area (Å²) in [6, 6.07) is 4.98. The maximum absolute atomic E-state index is 12.6. The van der Waals surface area contributed by atoms with Gasteiger partial charge >= 0.3 is 11.9 Å². The topological polar surface area (TPSA) is 109 Å². The molecule has 0 bridgehead atoms. The molecule has 0 spiro atoms. The van der Waals surface area contributed by atoms with Crippen LogP contribution < -0.4 is 10.3 Å². The van der Waals surface area contributed by atoms with E-state index in [0.29, 0.717) is 42.9 Å². The van der Waals surface area contributed by atoms with Gasteiger partial charge in [0.25, 0.3) is 0 Å². The van der Waals surface area contributed by atoms with Gasteiger partial charge in [0.05, 0.1) is 30.2 Å². The van der Waals surface area contributed by atoms with E-state index in [1.54, 1.807) is 6.07 Å². The highest BCUT2D eigenvalue weighted by Gasteiger charge is 2.32. The van der Waals surface area contributed by atoms with Crippen LogP contribution in [0.2, 0.25) is 0 Å². The van der Waals surface area contributed by atoms with Crippen molar-refractivity contribution in [1.29, 1.82) is 0 Å². The summed E-state index contributed by atoms with van der Waals surface area (Å²) >= 11 is 0. The van der Waals surface area contributed by atoms with Crippen molar-refractivity contribution in [2.24, 2.45) is 5.92 Å². The number of anilines is 1. The van der Waals surface area contributed by atoms with E-state index in [1.807, 2.05) is 15.5 Å². The van der Waals surface area contributed by atoms with E-state index in [-0.39, 0.29) is 17.5 Å². The number of nitrogens with zero attached hydrogens (tertiary/aromatic N) is 2. The molecule has 1 unspecified atom stereocenters. The average molecular weight is 426 g/mol. The maximum atomic E-state index is 12.6. The standard InChI is InChI=1S/C23H26N2O6/c1-12(2)18-6-13-7-19(24-5-4-14(26)10-24)16(23(30)31-3)8-15(13)20-9-21(27)17(22(28)29)11-25(18)20/h7-9,11-12,14,18,26H,4-6,10H2,1-3H3,(H,28,29)/t14-,18?/m0/s1. The third kappa shape index (κ3) is 3.61. The molecule has 1 aromatic heterocycles. The number of methoxy groups -OCH3 is 1. The number of β-amino-alcohol motifs (C(OH)–C–C–N with tert-alkyl or cyclic N) is 1. The number of carbonyl (C=O) groups excluding carboxylic acids is 1. The Bertz CT molecular complexity index is 1120. The number of fused-ring (bicyclic) bond motifs is 3. The van der Waals surface area contributed by atoms with Gasteiger partial charge in [0.1, 0.15) is 5.56 Å². The number of hydrogen-bond donors (Lipinski definition) is 2. The zero-order chi connectivity index (χ0) is 22.4. The minimum atomic E-state index is -1.26. The van der Waals surface area contributed by atoms with Crippen LogP contribution in [0.4, 0.5) is 5.69 Å². The van der Waals surface area contributed by atoms with Crippen LogP contribution in [0.15, 0.2) is 29.2 Å². The van der Waals surface area contributed by atoms with Gasteiger partial charge in [0.2, 0.25) is 0 Å². The van der Waals surface area contributed by atoms with Crippen molar-refractivity contribution in [3.63, 3.8) is 0 Å². The second-order valence-corrected chi connectivity index (χ2v) is 8.57. The predicted molar refractivity (Wildman–Crippen MR) is 115 cm³/mol. The number of pyridine rings is 1. The Morgan fingerprint density at radius 1 is 1.19 bits per heavy atom. The lowest BCUT2D eigenvalue weighted by atomic mass is 9.86. The van der Waals surface area contributed by atoms with Gasteiger partial charge in [-0.15, -0.1) is 0 Å². The highest BCUT2D eigenvalue weighted by atomic mass is 16.5. The van der Waals surface area contributed by atoms with Crippen molar-refractivity contribution < 1.29 is 24.5 Å². The van der Waals surface area contributed by atoms with E-state index in [9.17, 15) is 24.6 Å². The van der Waals surface area contributed by atoms with Crippen molar-refractivity contribution in [2.45, 2.75) is 38.8 Å². The molecule has 1 saturated heterocycles. The van der Waals surface area contributed by atoms with Crippen molar-refractivity contribution in [2.75, 3.05) is 25.1 Å². The molecule has 1 aromatic carbocycles. The first-order valence-electron chi connectivity index (χ1n) is 10.4. The molecule has 1 fully saturated rings. The Morgan fingerprint density at radius 2 is 1.94 bits per heavy atom. The molecule has 8 nitrogen and oxygen atoms in total. The molecule has 2 aliphatic rings. The number of aromatic nitrogens is 1. The molecule has 0 radical (unpaired) electrons. The minimum Gasteiger partial charge on any atom is -0.477 e. The quantitative estimate of drug-likeness (QED) is 0.722. The molecule has 4 rings (SSSR count). The van der Waals surface area contributed by atoms with Crippen LogP contribution in [0.5, 0.6) is 0 Å². The van der Waals surface area contributed by atoms with Crippen LogP contribution in [0.1, 0.15) is 52.6 Å². The minimum absolute atomic E-state index is 0.0396. The molecule has 31 heavy (non-hydrogen) atoms. The SMILES string of the molecule is COC(=O)c1cc2c(cc1N1CC[C@H](O)C1)CC(C(C)C)n1cc(C(=O)O)c(=O)cc1-2. The summed E-state index contributed by atoms with van der Waals surface area (Å²) in [6.07, 6.45) is 2.23. The normalized spacial score (nSPS) is 19.8. The van der Waals surface area contributed by atoms with E-state index in [1.165, 1.54) is 19.4 Å². The second-order valence-electron chi connectivity index (χ2n) is 8.57. The summed E-state index contributed by atoms with van der Waals surface area (Å²) < 4.78 is 6.85. The Labute approximate surface area is 179 Å². The van der Waals surface area contributed by atoms with Gasteiger partial charge in [-0.05, 0) is 36.5 Å². The Morgan fingerprint density at radius 3 is 2.52 bits per heavy atom. The second kappa shape index (κ2) is 7.85. The highest BCUT2D eigenvalue weighted by Crippen LogP contribution is 2.41. The molecule has 2 N–H and O–H groups in total. The lowest BCUT2D eigenvalue weighted by Crippen LogP contribution is -2.29. The number of esters is 1. The lowest BCUT2D eigenvalue weighted by molar-refractivity contribution is 0.0600. The molecule has 0 saturated carbocycles. The Balaban J connectivity index is 1.95. The summed E-state index contributed by atoms with van der Waals surface area (Å²) in [5, 5.41) is 19.4. The third-order valence-corrected chi connectivity index (χ3v) is 6.27. The monoisotopic (exact) mass is 426 g/mol. The number of rotatable bonds is 4. The van der Waals surface area contributed by atoms with Gasteiger partial charge in [-0.25, -0.2) is 9.59 Å². The van der Waals surface area contributed by atoms with Crippen molar-refractivity contribution in [3.8, 4) is 11.3 Å². The lowest BCUT2D eigenvalue weighted by Gasteiger charge is -2.34. The summed E-state index contributed by atoms with van der Waals surface area (Å²) in [5.74, 6) is -1.57. The van der Waals surface area contributed by atoms with Crippen LogP contribution in [0.25, 0.3) is 11.3 Å². The fraction of sp³-hybridized carbons (Fsp3) is 0.435. The van der Waals surface area contributed by atoms with E-state index in [4.69, 9.17) is 4.74 Å². The molecule has 3 heterocycles. The van der Waals surface area contributed by atoms with Gasteiger partial charge < -0.3 is 24.4 Å². The molecular weight excluding hydrogens is 400 g/mol. The van der Waals surface area contributed by atoms with Crippen LogP contribution in [0.3, 0.4) is 0 Å². The Kier molecular flexibility index (Phi) is 5.35. The van der Waals surface area contributed by atoms with Crippen LogP contribution in [0, 0.1) is 5.92 Å². The summed E-state index contributed by atoms with van der Waals surface area (Å²) in [4.78, 5) is 38.6. The predicted octanol–water partition coefficient (Wildman–Crippen LogP) is 2.32. The van der Waals surface area contributed by atoms with Crippen molar-refractivity contribution in [1.82, 2.24) is 4.57 Å². The van der Waals surface area contributed by atoms with Gasteiger partial charge in [-0.2, -0.15) is 0 Å². The number of hydrogen-bond acceptors (Lipinski definition) is 6. The molecular formula is C23H26N2O6. The number of aliphatic hydroxyl groups excluding tert-OH is 1. The zero-order valence-electron chi connectivity index (χ0n) is 17.8. The van der Waals surface area contributed by atoms with Gasteiger partial charge in [0.15, 0.2) is 5.43 Å². The van der Waals surface area contributed by atoms with E-state index in [2.05, 4.69) is 13.8 Å². The highest BCUT2D eigenvalue weighted by molar-refractivity contribution is 5.98. The van der Waals surface area contributed by atoms with Crippen molar-refractivity contribution >= 4 is 17.6 Å². The summed E-state index contributed by atoms with van der Waals surface area (Å²) in [6.45, 7) is 5.18. The fourth-order valence-electron chi connectivity index (χ4n) is 4.62. The molecule has 0 aliphatic carbocycles. The summed E-state index contributed by atoms with van der Waals surface area (Å²) in [7, 11) is 1.32. The first-order chi connectivity index (χ1) is 14.7. The van der Waals surface area contributed by atoms with Crippen LogP contribution in [-0.4, -0.2) is 53.0 Å². The molecule has 2 aliphatic heterocycles. The number of aliphatic hydroxyl groups is 1. The molecule has 2 aromatic rings. The van der Waals surface area contributed by atoms with E-state index < -0.39 is 23.5 Å². The van der Waals surface area contributed by atoms with Gasteiger partial charge in [-0.3, -0.25) is 4.79 Å².